The molecular formula is C42H49N5O7S. The van der Waals surface area contributed by atoms with E-state index in [1.54, 1.807) is 60.3 Å². The van der Waals surface area contributed by atoms with Crippen molar-refractivity contribution in [1.29, 1.82) is 0 Å². The molecule has 3 aliphatic rings. The SMILES string of the molecule is CC(C)(C)c1ccc(C[C@@H]2NC(=O)[C@@H](CC3CC=CS3)NC(=O)CCC(=O)Nc3ccc(cc3)C[C@@H](C(=O)O)NC(=O)[C@@H](Cc3ccccc3)NC2=O)cc1. The number of allylic oxidation sites excluding steroid dienone is 1. The van der Waals surface area contributed by atoms with E-state index in [1.807, 2.05) is 41.8 Å². The van der Waals surface area contributed by atoms with Gasteiger partial charge in [-0.15, -0.1) is 11.8 Å². The van der Waals surface area contributed by atoms with Crippen LogP contribution in [0.3, 0.4) is 0 Å². The van der Waals surface area contributed by atoms with E-state index in [4.69, 9.17) is 0 Å². The number of carboxylic acid groups (broad SMARTS) is 1. The molecular weight excluding hydrogens is 719 g/mol. The van der Waals surface area contributed by atoms with Gasteiger partial charge in [-0.1, -0.05) is 93.6 Å². The normalized spacial score (nSPS) is 23.1. The lowest BCUT2D eigenvalue weighted by Crippen LogP contribution is -2.59. The maximum absolute atomic E-state index is 14.3. The van der Waals surface area contributed by atoms with Crippen LogP contribution in [-0.2, 0) is 53.4 Å². The largest absolute Gasteiger partial charge is 0.480 e. The van der Waals surface area contributed by atoms with Crippen LogP contribution < -0.4 is 26.6 Å². The predicted molar refractivity (Wildman–Crippen MR) is 212 cm³/mol. The molecule has 6 N–H and O–H groups in total. The summed E-state index contributed by atoms with van der Waals surface area (Å²) in [6.07, 6.45) is 2.68. The van der Waals surface area contributed by atoms with Crippen LogP contribution in [0, 0.1) is 0 Å². The number of carbonyl (C=O) groups is 6. The van der Waals surface area contributed by atoms with Crippen molar-refractivity contribution in [3.05, 3.63) is 113 Å². The highest BCUT2D eigenvalue weighted by atomic mass is 32.2. The minimum absolute atomic E-state index is 0.00940. The van der Waals surface area contributed by atoms with Crippen LogP contribution in [0.2, 0.25) is 0 Å². The van der Waals surface area contributed by atoms with Gasteiger partial charge in [0.15, 0.2) is 0 Å². The van der Waals surface area contributed by atoms with Gasteiger partial charge in [0, 0.05) is 43.0 Å². The first-order valence-electron chi connectivity index (χ1n) is 18.5. The summed E-state index contributed by atoms with van der Waals surface area (Å²) in [5.74, 6) is -4.13. The molecule has 13 heteroatoms. The van der Waals surface area contributed by atoms with E-state index in [-0.39, 0.29) is 49.2 Å². The molecule has 0 saturated carbocycles. The van der Waals surface area contributed by atoms with Crippen molar-refractivity contribution in [2.45, 2.75) is 101 Å². The van der Waals surface area contributed by atoms with E-state index < -0.39 is 59.7 Å². The number of fused-ring (bicyclic) bond motifs is 18. The Morgan fingerprint density at radius 3 is 1.87 bits per heavy atom. The van der Waals surface area contributed by atoms with Crippen molar-refractivity contribution >= 4 is 53.0 Å². The van der Waals surface area contributed by atoms with Crippen molar-refractivity contribution in [2.75, 3.05) is 5.32 Å². The van der Waals surface area contributed by atoms with Gasteiger partial charge >= 0.3 is 5.97 Å². The van der Waals surface area contributed by atoms with E-state index in [1.165, 1.54) is 0 Å². The van der Waals surface area contributed by atoms with Crippen LogP contribution in [0.4, 0.5) is 5.69 Å². The molecule has 3 aromatic rings. The highest BCUT2D eigenvalue weighted by Crippen LogP contribution is 2.28. The molecule has 0 fully saturated rings. The zero-order chi connectivity index (χ0) is 39.5. The van der Waals surface area contributed by atoms with E-state index in [2.05, 4.69) is 47.4 Å². The fraction of sp³-hybridized carbons (Fsp3) is 0.381. The second-order valence-corrected chi connectivity index (χ2v) is 16.2. The third-order valence-corrected chi connectivity index (χ3v) is 10.7. The van der Waals surface area contributed by atoms with Gasteiger partial charge < -0.3 is 31.7 Å². The summed E-state index contributed by atoms with van der Waals surface area (Å²) in [7, 11) is 0. The second kappa shape index (κ2) is 18.7. The standard InChI is InChI=1S/C42H49N5O7S/c1-42(2,3)29-15-11-27(12-16-29)23-33-38(50)45-32(22-26-8-5-4-6-9-26)39(51)47-35(41(53)54)24-28-13-17-30(18-14-28)43-36(48)19-20-37(49)44-34(40(52)46-33)25-31-10-7-21-55-31/h4-9,11-18,21,31-35H,10,19-20,22-25H2,1-3H3,(H,43,48)(H,44,49)(H,45,50)(H,46,52)(H,47,51)(H,53,54)/t31?,32-,33+,34-,35+/m1/s1. The molecule has 0 saturated heterocycles. The van der Waals surface area contributed by atoms with Gasteiger partial charge in [-0.25, -0.2) is 4.79 Å². The van der Waals surface area contributed by atoms with Crippen LogP contribution in [-0.4, -0.2) is 70.0 Å². The Bertz CT molecular complexity index is 1870. The van der Waals surface area contributed by atoms with Crippen LogP contribution in [0.25, 0.3) is 0 Å². The fourth-order valence-corrected chi connectivity index (χ4v) is 7.38. The lowest BCUT2D eigenvalue weighted by atomic mass is 9.86. The number of rotatable bonds is 7. The average molecular weight is 768 g/mol. The van der Waals surface area contributed by atoms with E-state index in [0.29, 0.717) is 17.7 Å². The molecule has 3 aliphatic heterocycles. The molecule has 12 nitrogen and oxygen atoms in total. The van der Waals surface area contributed by atoms with Gasteiger partial charge in [0.25, 0.3) is 0 Å². The molecule has 5 amide bonds. The maximum atomic E-state index is 14.3. The molecule has 5 atom stereocenters. The minimum Gasteiger partial charge on any atom is -0.480 e. The Hall–Kier alpha value is -5.43. The summed E-state index contributed by atoms with van der Waals surface area (Å²) in [4.78, 5) is 80.8. The number of benzene rings is 3. The van der Waals surface area contributed by atoms with Crippen LogP contribution in [0.5, 0.6) is 0 Å². The molecule has 0 radical (unpaired) electrons. The summed E-state index contributed by atoms with van der Waals surface area (Å²) in [5.41, 5.74) is 3.48. The highest BCUT2D eigenvalue weighted by molar-refractivity contribution is 8.03. The Morgan fingerprint density at radius 1 is 0.709 bits per heavy atom. The van der Waals surface area contributed by atoms with Crippen molar-refractivity contribution in [1.82, 2.24) is 21.3 Å². The van der Waals surface area contributed by atoms with Crippen molar-refractivity contribution in [2.24, 2.45) is 0 Å². The maximum Gasteiger partial charge on any atom is 0.326 e. The molecule has 0 spiro atoms. The molecule has 0 aliphatic carbocycles. The summed E-state index contributed by atoms with van der Waals surface area (Å²) in [5, 5.41) is 25.9. The molecule has 6 rings (SSSR count). The van der Waals surface area contributed by atoms with Crippen LogP contribution in [0.15, 0.2) is 90.3 Å². The number of carbonyl (C=O) groups excluding carboxylic acids is 5. The number of hydrogen-bond acceptors (Lipinski definition) is 7. The third-order valence-electron chi connectivity index (χ3n) is 9.60. The first kappa shape index (κ1) is 40.7. The Labute approximate surface area is 325 Å². The topological polar surface area (TPSA) is 183 Å². The third kappa shape index (κ3) is 12.3. The second-order valence-electron chi connectivity index (χ2n) is 15.0. The smallest absolute Gasteiger partial charge is 0.326 e. The monoisotopic (exact) mass is 767 g/mol. The number of anilines is 1. The quantitative estimate of drug-likeness (QED) is 0.194. The number of carboxylic acids is 1. The zero-order valence-electron chi connectivity index (χ0n) is 31.3. The average Bonchev–Trinajstić information content (AvgIpc) is 3.66. The lowest BCUT2D eigenvalue weighted by molar-refractivity contribution is -0.142. The lowest BCUT2D eigenvalue weighted by Gasteiger charge is -2.27. The van der Waals surface area contributed by atoms with Gasteiger partial charge in [-0.05, 0) is 58.1 Å². The van der Waals surface area contributed by atoms with Crippen LogP contribution >= 0.6 is 11.8 Å². The first-order chi connectivity index (χ1) is 26.2. The molecule has 55 heavy (non-hydrogen) atoms. The van der Waals surface area contributed by atoms with E-state index >= 15 is 0 Å². The predicted octanol–water partition coefficient (Wildman–Crippen LogP) is 4.18. The molecule has 290 valence electrons. The molecule has 1 unspecified atom stereocenters. The first-order valence-corrected chi connectivity index (χ1v) is 19.4. The van der Waals surface area contributed by atoms with Gasteiger partial charge in [0.05, 0.1) is 0 Å². The summed E-state index contributed by atoms with van der Waals surface area (Å²) in [6, 6.07) is 18.5. The minimum atomic E-state index is -1.34. The Balaban J connectivity index is 1.50. The summed E-state index contributed by atoms with van der Waals surface area (Å²) < 4.78 is 0. The number of aliphatic carboxylic acids is 1. The van der Waals surface area contributed by atoms with E-state index in [0.717, 1.165) is 16.7 Å². The van der Waals surface area contributed by atoms with Gasteiger partial charge in [-0.3, -0.25) is 24.0 Å². The number of hydrogen-bond donors (Lipinski definition) is 6. The number of amides is 5. The summed E-state index contributed by atoms with van der Waals surface area (Å²) >= 11 is 1.55. The number of nitrogens with one attached hydrogen (secondary N) is 5. The Morgan fingerprint density at radius 2 is 1.29 bits per heavy atom. The Kier molecular flexibility index (Phi) is 13.9. The molecule has 2 bridgehead atoms. The van der Waals surface area contributed by atoms with Crippen molar-refractivity contribution in [3.63, 3.8) is 0 Å². The molecule has 3 aromatic carbocycles. The number of thioether (sulfide) groups is 1. The molecule has 3 heterocycles. The highest BCUT2D eigenvalue weighted by Gasteiger charge is 2.33. The van der Waals surface area contributed by atoms with Crippen LogP contribution in [0.1, 0.15) is 68.7 Å². The van der Waals surface area contributed by atoms with Gasteiger partial charge in [0.1, 0.15) is 24.2 Å². The van der Waals surface area contributed by atoms with Crippen molar-refractivity contribution in [3.8, 4) is 0 Å². The van der Waals surface area contributed by atoms with E-state index in [9.17, 15) is 33.9 Å². The van der Waals surface area contributed by atoms with Crippen molar-refractivity contribution < 1.29 is 33.9 Å². The fourth-order valence-electron chi connectivity index (χ4n) is 6.41. The zero-order valence-corrected chi connectivity index (χ0v) is 32.1. The molecule has 0 aromatic heterocycles. The van der Waals surface area contributed by atoms with Gasteiger partial charge in [0.2, 0.25) is 29.5 Å². The summed E-state index contributed by atoms with van der Waals surface area (Å²) in [6.45, 7) is 6.27. The van der Waals surface area contributed by atoms with Gasteiger partial charge in [-0.2, -0.15) is 0 Å².